The lowest BCUT2D eigenvalue weighted by molar-refractivity contribution is -0.143. The van der Waals surface area contributed by atoms with Gasteiger partial charge in [-0.15, -0.1) is 0 Å². The van der Waals surface area contributed by atoms with Crippen molar-refractivity contribution in [2.75, 3.05) is 6.61 Å². The molecule has 136 valence electrons. The summed E-state index contributed by atoms with van der Waals surface area (Å²) in [7, 11) is 3.04. The average molecular weight is 420 g/mol. The lowest BCUT2D eigenvalue weighted by Gasteiger charge is -2.11. The summed E-state index contributed by atoms with van der Waals surface area (Å²) in [4.78, 5) is 37.2. The third-order valence-corrected chi connectivity index (χ3v) is 4.94. The minimum Gasteiger partial charge on any atom is -0.465 e. The highest BCUT2D eigenvalue weighted by molar-refractivity contribution is 9.10. The molecule has 0 saturated carbocycles. The maximum absolute atomic E-state index is 12.8. The van der Waals surface area contributed by atoms with Gasteiger partial charge in [0, 0.05) is 30.3 Å². The summed E-state index contributed by atoms with van der Waals surface area (Å²) in [5, 5.41) is 0.380. The van der Waals surface area contributed by atoms with E-state index in [0.29, 0.717) is 16.6 Å². The van der Waals surface area contributed by atoms with Gasteiger partial charge in [0.25, 0.3) is 5.56 Å². The van der Waals surface area contributed by atoms with E-state index < -0.39 is 17.2 Å². The predicted octanol–water partition coefficient (Wildman–Crippen LogP) is 2.03. The van der Waals surface area contributed by atoms with Gasteiger partial charge in [-0.05, 0) is 13.0 Å². The van der Waals surface area contributed by atoms with Crippen LogP contribution in [0.4, 0.5) is 0 Å². The second-order valence-corrected chi connectivity index (χ2v) is 6.71. The van der Waals surface area contributed by atoms with Gasteiger partial charge in [-0.2, -0.15) is 0 Å². The van der Waals surface area contributed by atoms with Crippen molar-refractivity contribution < 1.29 is 9.53 Å². The zero-order valence-electron chi connectivity index (χ0n) is 14.7. The van der Waals surface area contributed by atoms with Crippen LogP contribution in [0, 0.1) is 0 Å². The van der Waals surface area contributed by atoms with Gasteiger partial charge in [0.15, 0.2) is 0 Å². The van der Waals surface area contributed by atoms with Crippen LogP contribution >= 0.6 is 15.9 Å². The van der Waals surface area contributed by atoms with Crippen LogP contribution in [-0.2, 0) is 30.2 Å². The van der Waals surface area contributed by atoms with Crippen LogP contribution in [0.3, 0.4) is 0 Å². The Hall–Kier alpha value is -2.61. The SMILES string of the molecule is CCOC(=O)Cn1cc2c(c1-c1ccccc1Br)c(=O)n(C)c(=O)n2C. The molecule has 0 fully saturated rings. The van der Waals surface area contributed by atoms with Gasteiger partial charge in [-0.25, -0.2) is 4.79 Å². The Labute approximate surface area is 157 Å². The van der Waals surface area contributed by atoms with Crippen LogP contribution < -0.4 is 11.2 Å². The molecule has 26 heavy (non-hydrogen) atoms. The van der Waals surface area contributed by atoms with Gasteiger partial charge in [-0.1, -0.05) is 34.1 Å². The Morgan fingerprint density at radius 3 is 2.50 bits per heavy atom. The molecule has 0 aliphatic rings. The van der Waals surface area contributed by atoms with Crippen LogP contribution in [0.2, 0.25) is 0 Å². The van der Waals surface area contributed by atoms with Crippen molar-refractivity contribution >= 4 is 32.8 Å². The van der Waals surface area contributed by atoms with Crippen LogP contribution in [0.1, 0.15) is 6.92 Å². The van der Waals surface area contributed by atoms with E-state index in [4.69, 9.17) is 4.74 Å². The molecule has 0 atom stereocenters. The highest BCUT2D eigenvalue weighted by atomic mass is 79.9. The molecule has 0 spiro atoms. The zero-order valence-corrected chi connectivity index (χ0v) is 16.2. The second kappa shape index (κ2) is 6.95. The first-order valence-electron chi connectivity index (χ1n) is 8.06. The number of nitrogens with zero attached hydrogens (tertiary/aromatic N) is 3. The van der Waals surface area contributed by atoms with Gasteiger partial charge in [0.2, 0.25) is 0 Å². The Kier molecular flexibility index (Phi) is 4.86. The van der Waals surface area contributed by atoms with Crippen LogP contribution in [0.5, 0.6) is 0 Å². The molecule has 0 aliphatic carbocycles. The van der Waals surface area contributed by atoms with E-state index in [-0.39, 0.29) is 13.2 Å². The van der Waals surface area contributed by atoms with E-state index in [1.807, 2.05) is 24.3 Å². The molecule has 1 aromatic carbocycles. The van der Waals surface area contributed by atoms with Crippen molar-refractivity contribution in [2.24, 2.45) is 14.1 Å². The maximum Gasteiger partial charge on any atom is 0.330 e. The van der Waals surface area contributed by atoms with Crippen LogP contribution in [0.15, 0.2) is 44.5 Å². The maximum atomic E-state index is 12.8. The number of esters is 1. The highest BCUT2D eigenvalue weighted by Crippen LogP contribution is 2.33. The summed E-state index contributed by atoms with van der Waals surface area (Å²) in [6, 6.07) is 7.42. The van der Waals surface area contributed by atoms with Crippen molar-refractivity contribution in [3.8, 4) is 11.3 Å². The van der Waals surface area contributed by atoms with Crippen molar-refractivity contribution in [1.29, 1.82) is 0 Å². The summed E-state index contributed by atoms with van der Waals surface area (Å²) < 4.78 is 9.95. The Bertz CT molecular complexity index is 1120. The smallest absolute Gasteiger partial charge is 0.330 e. The monoisotopic (exact) mass is 419 g/mol. The van der Waals surface area contributed by atoms with Crippen LogP contribution in [-0.4, -0.2) is 26.3 Å². The van der Waals surface area contributed by atoms with Gasteiger partial charge < -0.3 is 9.30 Å². The molecular formula is C18H18BrN3O4. The van der Waals surface area contributed by atoms with Crippen molar-refractivity contribution in [2.45, 2.75) is 13.5 Å². The lowest BCUT2D eigenvalue weighted by Crippen LogP contribution is -2.36. The topological polar surface area (TPSA) is 75.2 Å². The quantitative estimate of drug-likeness (QED) is 0.606. The number of fused-ring (bicyclic) bond motifs is 1. The number of rotatable bonds is 4. The predicted molar refractivity (Wildman–Crippen MR) is 102 cm³/mol. The van der Waals surface area contributed by atoms with Gasteiger partial charge in [-0.3, -0.25) is 18.7 Å². The molecule has 0 unspecified atom stereocenters. The van der Waals surface area contributed by atoms with Gasteiger partial charge in [0.1, 0.15) is 6.54 Å². The minimum absolute atomic E-state index is 0.0590. The molecule has 0 N–H and O–H groups in total. The van der Waals surface area contributed by atoms with E-state index in [1.165, 1.54) is 11.6 Å². The molecule has 3 rings (SSSR count). The number of ether oxygens (including phenoxy) is 1. The molecule has 0 radical (unpaired) electrons. The number of aryl methyl sites for hydroxylation is 1. The first-order valence-corrected chi connectivity index (χ1v) is 8.85. The molecule has 2 heterocycles. The number of carbonyl (C=O) groups is 1. The summed E-state index contributed by atoms with van der Waals surface area (Å²) >= 11 is 3.50. The number of hydrogen-bond donors (Lipinski definition) is 0. The second-order valence-electron chi connectivity index (χ2n) is 5.86. The van der Waals surface area contributed by atoms with Crippen molar-refractivity contribution in [1.82, 2.24) is 13.7 Å². The largest absolute Gasteiger partial charge is 0.465 e. The number of hydrogen-bond acceptors (Lipinski definition) is 4. The normalized spacial score (nSPS) is 11.1. The van der Waals surface area contributed by atoms with Crippen molar-refractivity contribution in [3.05, 3.63) is 55.8 Å². The fourth-order valence-corrected chi connectivity index (χ4v) is 3.48. The van der Waals surface area contributed by atoms with E-state index in [9.17, 15) is 14.4 Å². The summed E-state index contributed by atoms with van der Waals surface area (Å²) in [5.74, 6) is -0.414. The van der Waals surface area contributed by atoms with E-state index >= 15 is 0 Å². The minimum atomic E-state index is -0.422. The number of aromatic nitrogens is 3. The van der Waals surface area contributed by atoms with Crippen molar-refractivity contribution in [3.63, 3.8) is 0 Å². The highest BCUT2D eigenvalue weighted by Gasteiger charge is 2.21. The Morgan fingerprint density at radius 2 is 1.85 bits per heavy atom. The van der Waals surface area contributed by atoms with E-state index in [2.05, 4.69) is 15.9 Å². The fourth-order valence-electron chi connectivity index (χ4n) is 3.00. The standard InChI is InChI=1S/C18H18BrN3O4/c1-4-26-14(23)10-22-9-13-15(17(24)21(3)18(25)20(13)2)16(22)11-7-5-6-8-12(11)19/h5-9H,4,10H2,1-3H3. The van der Waals surface area contributed by atoms with E-state index in [0.717, 1.165) is 14.6 Å². The summed E-state index contributed by atoms with van der Waals surface area (Å²) in [6.45, 7) is 1.94. The number of halogens is 1. The number of carbonyl (C=O) groups excluding carboxylic acids is 1. The Balaban J connectivity index is 2.42. The van der Waals surface area contributed by atoms with E-state index in [1.54, 1.807) is 24.7 Å². The Morgan fingerprint density at radius 1 is 1.15 bits per heavy atom. The molecule has 0 saturated heterocycles. The molecule has 8 heteroatoms. The van der Waals surface area contributed by atoms with Crippen LogP contribution in [0.25, 0.3) is 22.2 Å². The lowest BCUT2D eigenvalue weighted by atomic mass is 10.1. The molecule has 0 amide bonds. The first-order chi connectivity index (χ1) is 12.4. The zero-order chi connectivity index (χ0) is 19.0. The molecule has 0 bridgehead atoms. The van der Waals surface area contributed by atoms with Gasteiger partial charge >= 0.3 is 11.7 Å². The average Bonchev–Trinajstić information content (AvgIpc) is 2.97. The third-order valence-electron chi connectivity index (χ3n) is 4.25. The van der Waals surface area contributed by atoms with Gasteiger partial charge in [0.05, 0.1) is 23.2 Å². The molecular weight excluding hydrogens is 402 g/mol. The number of benzene rings is 1. The first kappa shape index (κ1) is 18.2. The summed E-state index contributed by atoms with van der Waals surface area (Å²) in [5.41, 5.74) is 0.957. The fraction of sp³-hybridized carbons (Fsp3) is 0.278. The molecule has 2 aromatic heterocycles. The third kappa shape index (κ3) is 2.90. The molecule has 7 nitrogen and oxygen atoms in total. The molecule has 0 aliphatic heterocycles. The molecule has 3 aromatic rings. The summed E-state index contributed by atoms with van der Waals surface area (Å²) in [6.07, 6.45) is 1.64.